The summed E-state index contributed by atoms with van der Waals surface area (Å²) in [6.45, 7) is 0. The van der Waals surface area contributed by atoms with Gasteiger partial charge in [-0.05, 0) is 36.4 Å². The molecule has 0 aliphatic carbocycles. The molecule has 1 aromatic carbocycles. The third kappa shape index (κ3) is 2.76. The van der Waals surface area contributed by atoms with E-state index in [1.54, 1.807) is 18.3 Å². The topological polar surface area (TPSA) is 72.7 Å². The molecule has 0 bridgehead atoms. The lowest BCUT2D eigenvalue weighted by molar-refractivity contribution is 0.102. The molecule has 2 aromatic heterocycles. The van der Waals surface area contributed by atoms with Crippen LogP contribution < -0.4 is 5.32 Å². The van der Waals surface area contributed by atoms with E-state index in [0.717, 1.165) is 0 Å². The van der Waals surface area contributed by atoms with E-state index in [9.17, 15) is 9.18 Å². The lowest BCUT2D eigenvalue weighted by Gasteiger charge is -2.09. The van der Waals surface area contributed by atoms with Gasteiger partial charge in [0.05, 0.1) is 5.69 Å². The van der Waals surface area contributed by atoms with Crippen LogP contribution in [0.1, 0.15) is 10.4 Å². The Bertz CT molecular complexity index is 755. The summed E-state index contributed by atoms with van der Waals surface area (Å²) in [6, 6.07) is 8.69. The Morgan fingerprint density at radius 3 is 2.71 bits per heavy atom. The number of nitrogens with one attached hydrogen (secondary N) is 1. The van der Waals surface area contributed by atoms with Crippen molar-refractivity contribution in [3.63, 3.8) is 0 Å². The van der Waals surface area contributed by atoms with Gasteiger partial charge in [0.15, 0.2) is 5.82 Å². The van der Waals surface area contributed by atoms with Crippen molar-refractivity contribution in [1.82, 2.24) is 19.7 Å². The van der Waals surface area contributed by atoms with Gasteiger partial charge in [0.1, 0.15) is 18.5 Å². The number of anilines is 1. The van der Waals surface area contributed by atoms with E-state index < -0.39 is 5.82 Å². The summed E-state index contributed by atoms with van der Waals surface area (Å²) in [7, 11) is 0. The monoisotopic (exact) mass is 283 g/mol. The van der Waals surface area contributed by atoms with Gasteiger partial charge in [0, 0.05) is 11.8 Å². The first-order valence-corrected chi connectivity index (χ1v) is 6.11. The molecule has 6 nitrogen and oxygen atoms in total. The maximum Gasteiger partial charge on any atom is 0.255 e. The SMILES string of the molecule is O=C(Nc1cccnc1-n1cncn1)c1ccc(F)cc1. The Kier molecular flexibility index (Phi) is 3.38. The van der Waals surface area contributed by atoms with Gasteiger partial charge in [-0.3, -0.25) is 4.79 Å². The van der Waals surface area contributed by atoms with Crippen LogP contribution in [-0.2, 0) is 0 Å². The smallest absolute Gasteiger partial charge is 0.255 e. The molecule has 7 heteroatoms. The van der Waals surface area contributed by atoms with Crippen molar-refractivity contribution in [3.8, 4) is 5.82 Å². The summed E-state index contributed by atoms with van der Waals surface area (Å²) in [5.74, 6) is -0.300. The van der Waals surface area contributed by atoms with Gasteiger partial charge < -0.3 is 5.32 Å². The number of carbonyl (C=O) groups excluding carboxylic acids is 1. The number of hydrogen-bond donors (Lipinski definition) is 1. The number of rotatable bonds is 3. The van der Waals surface area contributed by atoms with Crippen molar-refractivity contribution in [2.45, 2.75) is 0 Å². The first kappa shape index (κ1) is 12.9. The van der Waals surface area contributed by atoms with Crippen molar-refractivity contribution in [3.05, 3.63) is 66.6 Å². The lowest BCUT2D eigenvalue weighted by atomic mass is 10.2. The molecule has 1 amide bonds. The highest BCUT2D eigenvalue weighted by Gasteiger charge is 2.11. The molecule has 104 valence electrons. The van der Waals surface area contributed by atoms with Crippen LogP contribution >= 0.6 is 0 Å². The van der Waals surface area contributed by atoms with E-state index in [-0.39, 0.29) is 5.91 Å². The van der Waals surface area contributed by atoms with Crippen molar-refractivity contribution in [2.24, 2.45) is 0 Å². The number of benzene rings is 1. The number of pyridine rings is 1. The van der Waals surface area contributed by atoms with Gasteiger partial charge in [0.25, 0.3) is 5.91 Å². The molecule has 1 N–H and O–H groups in total. The van der Waals surface area contributed by atoms with Gasteiger partial charge >= 0.3 is 0 Å². The fraction of sp³-hybridized carbons (Fsp3) is 0. The lowest BCUT2D eigenvalue weighted by Crippen LogP contribution is -2.14. The molecule has 0 unspecified atom stereocenters. The van der Waals surface area contributed by atoms with Crippen LogP contribution in [0, 0.1) is 5.82 Å². The summed E-state index contributed by atoms with van der Waals surface area (Å²) < 4.78 is 14.3. The summed E-state index contributed by atoms with van der Waals surface area (Å²) in [4.78, 5) is 20.2. The first-order valence-electron chi connectivity index (χ1n) is 6.11. The second-order valence-electron chi connectivity index (χ2n) is 4.18. The molecule has 0 fully saturated rings. The van der Waals surface area contributed by atoms with Crippen LogP contribution in [0.3, 0.4) is 0 Å². The molecular formula is C14H10FN5O. The van der Waals surface area contributed by atoms with Crippen LogP contribution in [0.4, 0.5) is 10.1 Å². The van der Waals surface area contributed by atoms with E-state index in [4.69, 9.17) is 0 Å². The number of carbonyl (C=O) groups is 1. The Hall–Kier alpha value is -3.09. The predicted molar refractivity (Wildman–Crippen MR) is 73.5 cm³/mol. The van der Waals surface area contributed by atoms with Crippen molar-refractivity contribution < 1.29 is 9.18 Å². The maximum absolute atomic E-state index is 12.9. The minimum atomic E-state index is -0.392. The fourth-order valence-electron chi connectivity index (χ4n) is 1.79. The van der Waals surface area contributed by atoms with Crippen molar-refractivity contribution in [2.75, 3.05) is 5.32 Å². The molecule has 3 rings (SSSR count). The summed E-state index contributed by atoms with van der Waals surface area (Å²) in [5.41, 5.74) is 0.835. The van der Waals surface area contributed by atoms with E-state index in [1.165, 1.54) is 41.6 Å². The van der Waals surface area contributed by atoms with Crippen molar-refractivity contribution in [1.29, 1.82) is 0 Å². The Morgan fingerprint density at radius 1 is 1.19 bits per heavy atom. The predicted octanol–water partition coefficient (Wildman–Crippen LogP) is 2.05. The van der Waals surface area contributed by atoms with Gasteiger partial charge in [-0.25, -0.2) is 19.0 Å². The van der Waals surface area contributed by atoms with Crippen LogP contribution in [0.15, 0.2) is 55.2 Å². The molecule has 21 heavy (non-hydrogen) atoms. The molecule has 2 heterocycles. The average molecular weight is 283 g/mol. The Morgan fingerprint density at radius 2 is 2.00 bits per heavy atom. The van der Waals surface area contributed by atoms with E-state index >= 15 is 0 Å². The minimum Gasteiger partial charge on any atom is -0.319 e. The molecule has 0 saturated heterocycles. The second kappa shape index (κ2) is 5.49. The van der Waals surface area contributed by atoms with Crippen LogP contribution in [0.25, 0.3) is 5.82 Å². The maximum atomic E-state index is 12.9. The Balaban J connectivity index is 1.88. The minimum absolute atomic E-state index is 0.352. The molecule has 0 atom stereocenters. The molecule has 0 spiro atoms. The van der Waals surface area contributed by atoms with Crippen LogP contribution in [0.5, 0.6) is 0 Å². The number of aromatic nitrogens is 4. The highest BCUT2D eigenvalue weighted by molar-refractivity contribution is 6.05. The van der Waals surface area contributed by atoms with Crippen LogP contribution in [-0.4, -0.2) is 25.7 Å². The van der Waals surface area contributed by atoms with Gasteiger partial charge in [-0.2, -0.15) is 5.10 Å². The quantitative estimate of drug-likeness (QED) is 0.798. The number of halogens is 1. The van der Waals surface area contributed by atoms with Crippen LogP contribution in [0.2, 0.25) is 0 Å². The summed E-state index contributed by atoms with van der Waals surface area (Å²) in [5, 5.41) is 6.70. The zero-order valence-corrected chi connectivity index (χ0v) is 10.8. The highest BCUT2D eigenvalue weighted by Crippen LogP contribution is 2.17. The fourth-order valence-corrected chi connectivity index (χ4v) is 1.79. The van der Waals surface area contributed by atoms with E-state index in [0.29, 0.717) is 17.1 Å². The second-order valence-corrected chi connectivity index (χ2v) is 4.18. The first-order chi connectivity index (χ1) is 10.2. The Labute approximate surface area is 119 Å². The molecule has 0 aliphatic rings. The molecular weight excluding hydrogens is 273 g/mol. The third-order valence-electron chi connectivity index (χ3n) is 2.78. The standard InChI is InChI=1S/C14H10FN5O/c15-11-5-3-10(4-6-11)14(21)19-12-2-1-7-17-13(12)20-9-16-8-18-20/h1-9H,(H,19,21). The van der Waals surface area contributed by atoms with E-state index in [1.807, 2.05) is 0 Å². The number of nitrogens with zero attached hydrogens (tertiary/aromatic N) is 4. The normalized spacial score (nSPS) is 10.3. The molecule has 0 aliphatic heterocycles. The van der Waals surface area contributed by atoms with Gasteiger partial charge in [-0.15, -0.1) is 0 Å². The highest BCUT2D eigenvalue weighted by atomic mass is 19.1. The van der Waals surface area contributed by atoms with Crippen molar-refractivity contribution >= 4 is 11.6 Å². The molecule has 3 aromatic rings. The van der Waals surface area contributed by atoms with E-state index in [2.05, 4.69) is 20.4 Å². The molecule has 0 saturated carbocycles. The average Bonchev–Trinajstić information content (AvgIpc) is 3.02. The number of hydrogen-bond acceptors (Lipinski definition) is 4. The molecule has 0 radical (unpaired) electrons. The summed E-state index contributed by atoms with van der Waals surface area (Å²) in [6.07, 6.45) is 4.45. The zero-order chi connectivity index (χ0) is 14.7. The third-order valence-corrected chi connectivity index (χ3v) is 2.78. The van der Waals surface area contributed by atoms with Gasteiger partial charge in [0.2, 0.25) is 0 Å². The number of amides is 1. The zero-order valence-electron chi connectivity index (χ0n) is 10.8. The summed E-state index contributed by atoms with van der Waals surface area (Å²) >= 11 is 0. The van der Waals surface area contributed by atoms with Gasteiger partial charge in [-0.1, -0.05) is 0 Å². The largest absolute Gasteiger partial charge is 0.319 e.